The molecule has 1 aromatic heterocycles. The van der Waals surface area contributed by atoms with Crippen LogP contribution in [0.3, 0.4) is 0 Å². The van der Waals surface area contributed by atoms with E-state index in [4.69, 9.17) is 4.74 Å². The van der Waals surface area contributed by atoms with Crippen molar-refractivity contribution >= 4 is 11.6 Å². The summed E-state index contributed by atoms with van der Waals surface area (Å²) in [4.78, 5) is 16.1. The fourth-order valence-electron chi connectivity index (χ4n) is 2.20. The number of nitrogens with zero attached hydrogens (tertiary/aromatic N) is 1. The molecule has 5 nitrogen and oxygen atoms in total. The van der Waals surface area contributed by atoms with Gasteiger partial charge in [-0.25, -0.2) is 4.98 Å². The highest BCUT2D eigenvalue weighted by Gasteiger charge is 2.24. The lowest BCUT2D eigenvalue weighted by atomic mass is 10.0. The smallest absolute Gasteiger partial charge is 0.269 e. The lowest BCUT2D eigenvalue weighted by molar-refractivity contribution is 0.0903. The van der Waals surface area contributed by atoms with E-state index >= 15 is 0 Å². The van der Waals surface area contributed by atoms with Gasteiger partial charge in [-0.05, 0) is 32.4 Å². The summed E-state index contributed by atoms with van der Waals surface area (Å²) in [5.41, 5.74) is 1.38. The lowest BCUT2D eigenvalue weighted by Crippen LogP contribution is -2.32. The van der Waals surface area contributed by atoms with Crippen molar-refractivity contribution in [2.45, 2.75) is 26.4 Å². The second-order valence-electron chi connectivity index (χ2n) is 4.80. The Bertz CT molecular complexity index is 419. The molecular formula is C14H21N3O2. The SMILES string of the molecule is CCNc1ccc(C(=O)NCC2CCOC2C)nc1. The lowest BCUT2D eigenvalue weighted by Gasteiger charge is -2.14. The van der Waals surface area contributed by atoms with E-state index in [9.17, 15) is 4.79 Å². The van der Waals surface area contributed by atoms with E-state index in [1.807, 2.05) is 19.9 Å². The summed E-state index contributed by atoms with van der Waals surface area (Å²) in [6.45, 7) is 6.35. The fourth-order valence-corrected chi connectivity index (χ4v) is 2.20. The summed E-state index contributed by atoms with van der Waals surface area (Å²) < 4.78 is 5.47. The van der Waals surface area contributed by atoms with Crippen LogP contribution in [0.15, 0.2) is 18.3 Å². The van der Waals surface area contributed by atoms with Crippen molar-refractivity contribution in [2.75, 3.05) is 25.0 Å². The van der Waals surface area contributed by atoms with Crippen molar-refractivity contribution in [2.24, 2.45) is 5.92 Å². The molecule has 1 amide bonds. The minimum atomic E-state index is -0.123. The highest BCUT2D eigenvalue weighted by molar-refractivity contribution is 5.92. The van der Waals surface area contributed by atoms with E-state index in [-0.39, 0.29) is 12.0 Å². The Kier molecular flexibility index (Phi) is 4.74. The summed E-state index contributed by atoms with van der Waals surface area (Å²) in [5.74, 6) is 0.284. The van der Waals surface area contributed by atoms with Crippen LogP contribution in [0.2, 0.25) is 0 Å². The molecule has 2 unspecified atom stereocenters. The zero-order valence-corrected chi connectivity index (χ0v) is 11.5. The monoisotopic (exact) mass is 263 g/mol. The quantitative estimate of drug-likeness (QED) is 0.848. The molecule has 0 spiro atoms. The first-order chi connectivity index (χ1) is 9.20. The standard InChI is InChI=1S/C14H21N3O2/c1-3-15-12-4-5-13(16-9-12)14(18)17-8-11-6-7-19-10(11)2/h4-5,9-11,15H,3,6-8H2,1-2H3,(H,17,18). The van der Waals surface area contributed by atoms with Gasteiger partial charge in [0.05, 0.1) is 18.0 Å². The van der Waals surface area contributed by atoms with Crippen LogP contribution < -0.4 is 10.6 Å². The second-order valence-corrected chi connectivity index (χ2v) is 4.80. The number of aromatic nitrogens is 1. The number of amides is 1. The fraction of sp³-hybridized carbons (Fsp3) is 0.571. The molecular weight excluding hydrogens is 242 g/mol. The third kappa shape index (κ3) is 3.67. The molecule has 1 saturated heterocycles. The molecule has 0 aliphatic carbocycles. The molecule has 0 saturated carbocycles. The first-order valence-corrected chi connectivity index (χ1v) is 6.80. The van der Waals surface area contributed by atoms with E-state index in [1.165, 1.54) is 0 Å². The average molecular weight is 263 g/mol. The molecule has 2 N–H and O–H groups in total. The molecule has 0 aromatic carbocycles. The van der Waals surface area contributed by atoms with Gasteiger partial charge < -0.3 is 15.4 Å². The second kappa shape index (κ2) is 6.52. The summed E-state index contributed by atoms with van der Waals surface area (Å²) in [5, 5.41) is 6.07. The summed E-state index contributed by atoms with van der Waals surface area (Å²) >= 11 is 0. The van der Waals surface area contributed by atoms with Gasteiger partial charge in [-0.1, -0.05) is 0 Å². The van der Waals surface area contributed by atoms with E-state index in [0.29, 0.717) is 18.2 Å². The molecule has 2 atom stereocenters. The molecule has 1 aliphatic heterocycles. The number of carbonyl (C=O) groups is 1. The zero-order valence-electron chi connectivity index (χ0n) is 11.5. The molecule has 2 heterocycles. The highest BCUT2D eigenvalue weighted by Crippen LogP contribution is 2.19. The van der Waals surface area contributed by atoms with Crippen LogP contribution in [-0.4, -0.2) is 36.7 Å². The van der Waals surface area contributed by atoms with Crippen molar-refractivity contribution in [1.82, 2.24) is 10.3 Å². The number of hydrogen-bond donors (Lipinski definition) is 2. The Morgan fingerprint density at radius 1 is 1.53 bits per heavy atom. The van der Waals surface area contributed by atoms with Crippen LogP contribution in [0.4, 0.5) is 5.69 Å². The molecule has 1 aliphatic rings. The molecule has 1 fully saturated rings. The van der Waals surface area contributed by atoms with Crippen molar-refractivity contribution in [3.63, 3.8) is 0 Å². The molecule has 0 bridgehead atoms. The summed E-state index contributed by atoms with van der Waals surface area (Å²) in [6.07, 6.45) is 2.91. The Morgan fingerprint density at radius 2 is 2.37 bits per heavy atom. The third-order valence-corrected chi connectivity index (χ3v) is 3.44. The van der Waals surface area contributed by atoms with E-state index in [2.05, 4.69) is 15.6 Å². The van der Waals surface area contributed by atoms with Crippen molar-refractivity contribution in [3.8, 4) is 0 Å². The van der Waals surface area contributed by atoms with Crippen LogP contribution in [-0.2, 0) is 4.74 Å². The van der Waals surface area contributed by atoms with E-state index in [0.717, 1.165) is 25.3 Å². The van der Waals surface area contributed by atoms with Crippen molar-refractivity contribution < 1.29 is 9.53 Å². The predicted octanol–water partition coefficient (Wildman–Crippen LogP) is 1.67. The molecule has 1 aromatic rings. The summed E-state index contributed by atoms with van der Waals surface area (Å²) in [7, 11) is 0. The largest absolute Gasteiger partial charge is 0.384 e. The van der Waals surface area contributed by atoms with E-state index in [1.54, 1.807) is 12.3 Å². The van der Waals surface area contributed by atoms with Crippen molar-refractivity contribution in [3.05, 3.63) is 24.0 Å². The average Bonchev–Trinajstić information content (AvgIpc) is 2.83. The Balaban J connectivity index is 1.85. The van der Waals surface area contributed by atoms with Crippen LogP contribution in [0.25, 0.3) is 0 Å². The minimum absolute atomic E-state index is 0.123. The van der Waals surface area contributed by atoms with Gasteiger partial charge in [-0.3, -0.25) is 4.79 Å². The van der Waals surface area contributed by atoms with Crippen molar-refractivity contribution in [1.29, 1.82) is 0 Å². The first kappa shape index (κ1) is 13.8. The van der Waals surface area contributed by atoms with E-state index < -0.39 is 0 Å². The van der Waals surface area contributed by atoms with Crippen LogP contribution >= 0.6 is 0 Å². The first-order valence-electron chi connectivity index (χ1n) is 6.80. The van der Waals surface area contributed by atoms with Gasteiger partial charge in [0.2, 0.25) is 0 Å². The minimum Gasteiger partial charge on any atom is -0.384 e. The molecule has 104 valence electrons. The maximum Gasteiger partial charge on any atom is 0.269 e. The topological polar surface area (TPSA) is 63.2 Å². The number of ether oxygens (including phenoxy) is 1. The maximum atomic E-state index is 11.9. The van der Waals surface area contributed by atoms with Gasteiger partial charge in [0.25, 0.3) is 5.91 Å². The number of carbonyl (C=O) groups excluding carboxylic acids is 1. The zero-order chi connectivity index (χ0) is 13.7. The van der Waals surface area contributed by atoms with Crippen LogP contribution in [0.5, 0.6) is 0 Å². The van der Waals surface area contributed by atoms with Gasteiger partial charge in [-0.15, -0.1) is 0 Å². The summed E-state index contributed by atoms with van der Waals surface area (Å²) in [6, 6.07) is 3.61. The third-order valence-electron chi connectivity index (χ3n) is 3.44. The van der Waals surface area contributed by atoms with Gasteiger partial charge in [0.1, 0.15) is 5.69 Å². The normalized spacial score (nSPS) is 22.2. The molecule has 0 radical (unpaired) electrons. The number of anilines is 1. The number of nitrogens with one attached hydrogen (secondary N) is 2. The molecule has 19 heavy (non-hydrogen) atoms. The highest BCUT2D eigenvalue weighted by atomic mass is 16.5. The number of pyridine rings is 1. The van der Waals surface area contributed by atoms with Gasteiger partial charge in [0.15, 0.2) is 0 Å². The molecule has 5 heteroatoms. The number of rotatable bonds is 5. The van der Waals surface area contributed by atoms with Crippen LogP contribution in [0.1, 0.15) is 30.8 Å². The van der Waals surface area contributed by atoms with Crippen LogP contribution in [0, 0.1) is 5.92 Å². The predicted molar refractivity (Wildman–Crippen MR) is 74.3 cm³/mol. The maximum absolute atomic E-state index is 11.9. The molecule has 2 rings (SSSR count). The van der Waals surface area contributed by atoms with Gasteiger partial charge in [0, 0.05) is 25.6 Å². The Labute approximate surface area is 113 Å². The Hall–Kier alpha value is -1.62. The Morgan fingerprint density at radius 3 is 2.95 bits per heavy atom. The van der Waals surface area contributed by atoms with Gasteiger partial charge in [-0.2, -0.15) is 0 Å². The number of hydrogen-bond acceptors (Lipinski definition) is 4. The van der Waals surface area contributed by atoms with Gasteiger partial charge >= 0.3 is 0 Å².